The highest BCUT2D eigenvalue weighted by Crippen LogP contribution is 2.21. The first-order chi connectivity index (χ1) is 4.66. The fourth-order valence-corrected chi connectivity index (χ4v) is 1.77. The molecule has 0 bridgehead atoms. The zero-order valence-corrected chi connectivity index (χ0v) is 7.39. The lowest BCUT2D eigenvalue weighted by Gasteiger charge is -2.21. The lowest BCUT2D eigenvalue weighted by molar-refractivity contribution is 0.257. The van der Waals surface area contributed by atoms with E-state index in [2.05, 4.69) is 31.1 Å². The van der Waals surface area contributed by atoms with Crippen molar-refractivity contribution in [2.45, 2.75) is 38.4 Å². The molecule has 1 saturated heterocycles. The van der Waals surface area contributed by atoms with Gasteiger partial charge in [-0.15, -0.1) is 0 Å². The van der Waals surface area contributed by atoms with Gasteiger partial charge in [-0.3, -0.25) is 4.90 Å². The maximum Gasteiger partial charge on any atom is 0.0232 e. The van der Waals surface area contributed by atoms with Gasteiger partial charge in [-0.2, -0.15) is 0 Å². The van der Waals surface area contributed by atoms with Crippen LogP contribution in [0.1, 0.15) is 20.3 Å². The van der Waals surface area contributed by atoms with E-state index < -0.39 is 0 Å². The fourth-order valence-electron chi connectivity index (χ4n) is 1.77. The molecule has 0 saturated carbocycles. The topological polar surface area (TPSA) is 15.3 Å². The van der Waals surface area contributed by atoms with Crippen molar-refractivity contribution in [1.29, 1.82) is 0 Å². The van der Waals surface area contributed by atoms with E-state index in [1.807, 2.05) is 7.05 Å². The smallest absolute Gasteiger partial charge is 0.0232 e. The maximum atomic E-state index is 3.33. The molecule has 1 N–H and O–H groups in total. The van der Waals surface area contributed by atoms with Crippen molar-refractivity contribution in [3.8, 4) is 0 Å². The number of hydrogen-bond donors (Lipinski definition) is 1. The van der Waals surface area contributed by atoms with Gasteiger partial charge in [-0.05, 0) is 34.4 Å². The van der Waals surface area contributed by atoms with Crippen LogP contribution in [-0.2, 0) is 0 Å². The van der Waals surface area contributed by atoms with E-state index in [1.54, 1.807) is 0 Å². The highest BCUT2D eigenvalue weighted by molar-refractivity contribution is 4.91. The molecular formula is C8H18N2. The average molecular weight is 142 g/mol. The molecule has 1 aliphatic heterocycles. The standard InChI is InChI=1S/C8H18N2/c1-6-5-8(9-3)7(2)10(6)4/h6-9H,5H2,1-4H3. The summed E-state index contributed by atoms with van der Waals surface area (Å²) in [5, 5.41) is 3.33. The van der Waals surface area contributed by atoms with Crippen molar-refractivity contribution in [2.75, 3.05) is 14.1 Å². The summed E-state index contributed by atoms with van der Waals surface area (Å²) in [4.78, 5) is 2.43. The highest BCUT2D eigenvalue weighted by Gasteiger charge is 2.31. The molecule has 10 heavy (non-hydrogen) atoms. The van der Waals surface area contributed by atoms with Gasteiger partial charge in [0.2, 0.25) is 0 Å². The molecule has 2 nitrogen and oxygen atoms in total. The minimum atomic E-state index is 0.694. The molecule has 1 fully saturated rings. The van der Waals surface area contributed by atoms with Crippen molar-refractivity contribution in [2.24, 2.45) is 0 Å². The third-order valence-corrected chi connectivity index (χ3v) is 2.89. The molecule has 2 heteroatoms. The van der Waals surface area contributed by atoms with Gasteiger partial charge in [0.1, 0.15) is 0 Å². The summed E-state index contributed by atoms with van der Waals surface area (Å²) in [6.07, 6.45) is 1.29. The first-order valence-corrected chi connectivity index (χ1v) is 4.06. The molecule has 0 aromatic heterocycles. The van der Waals surface area contributed by atoms with Crippen LogP contribution in [0.15, 0.2) is 0 Å². The van der Waals surface area contributed by atoms with Gasteiger partial charge in [-0.1, -0.05) is 0 Å². The summed E-state index contributed by atoms with van der Waals surface area (Å²) < 4.78 is 0. The fraction of sp³-hybridized carbons (Fsp3) is 1.00. The number of nitrogens with zero attached hydrogens (tertiary/aromatic N) is 1. The third-order valence-electron chi connectivity index (χ3n) is 2.89. The summed E-state index contributed by atoms with van der Waals surface area (Å²) in [6, 6.07) is 2.13. The Bertz CT molecular complexity index is 114. The van der Waals surface area contributed by atoms with Crippen molar-refractivity contribution in [3.05, 3.63) is 0 Å². The predicted molar refractivity (Wildman–Crippen MR) is 44.2 cm³/mol. The number of nitrogens with one attached hydrogen (secondary N) is 1. The van der Waals surface area contributed by atoms with Gasteiger partial charge in [0.25, 0.3) is 0 Å². The van der Waals surface area contributed by atoms with Crippen LogP contribution in [0.3, 0.4) is 0 Å². The molecule has 1 rings (SSSR count). The number of likely N-dealkylation sites (tertiary alicyclic amines) is 1. The zero-order chi connectivity index (χ0) is 7.72. The summed E-state index contributed by atoms with van der Waals surface area (Å²) >= 11 is 0. The molecule has 0 amide bonds. The first kappa shape index (κ1) is 8.02. The minimum Gasteiger partial charge on any atom is -0.315 e. The average Bonchev–Trinajstić information content (AvgIpc) is 2.17. The van der Waals surface area contributed by atoms with Gasteiger partial charge in [0.05, 0.1) is 0 Å². The Labute approximate surface area is 63.6 Å². The van der Waals surface area contributed by atoms with Crippen molar-refractivity contribution in [1.82, 2.24) is 10.2 Å². The Morgan fingerprint density at radius 2 is 2.00 bits per heavy atom. The molecule has 1 heterocycles. The largest absolute Gasteiger partial charge is 0.315 e. The summed E-state index contributed by atoms with van der Waals surface area (Å²) in [6.45, 7) is 4.57. The van der Waals surface area contributed by atoms with Crippen molar-refractivity contribution < 1.29 is 0 Å². The highest BCUT2D eigenvalue weighted by atomic mass is 15.2. The summed E-state index contributed by atoms with van der Waals surface area (Å²) in [7, 11) is 4.25. The molecule has 0 aliphatic carbocycles. The molecule has 60 valence electrons. The molecule has 3 atom stereocenters. The van der Waals surface area contributed by atoms with E-state index in [0.29, 0.717) is 12.1 Å². The first-order valence-electron chi connectivity index (χ1n) is 4.06. The van der Waals surface area contributed by atoms with Crippen LogP contribution in [0.4, 0.5) is 0 Å². The van der Waals surface area contributed by atoms with Crippen LogP contribution >= 0.6 is 0 Å². The van der Waals surface area contributed by atoms with E-state index in [1.165, 1.54) is 6.42 Å². The van der Waals surface area contributed by atoms with Gasteiger partial charge < -0.3 is 5.32 Å². The normalized spacial score (nSPS) is 42.6. The van der Waals surface area contributed by atoms with Crippen LogP contribution in [0.2, 0.25) is 0 Å². The quantitative estimate of drug-likeness (QED) is 0.579. The second-order valence-corrected chi connectivity index (χ2v) is 3.39. The third kappa shape index (κ3) is 1.18. The van der Waals surface area contributed by atoms with Gasteiger partial charge >= 0.3 is 0 Å². The van der Waals surface area contributed by atoms with Crippen LogP contribution in [0.5, 0.6) is 0 Å². The van der Waals surface area contributed by atoms with E-state index in [9.17, 15) is 0 Å². The van der Waals surface area contributed by atoms with E-state index in [0.717, 1.165) is 6.04 Å². The number of likely N-dealkylation sites (N-methyl/N-ethyl adjacent to an activating group) is 2. The van der Waals surface area contributed by atoms with Crippen LogP contribution in [0.25, 0.3) is 0 Å². The molecule has 3 unspecified atom stereocenters. The van der Waals surface area contributed by atoms with Crippen LogP contribution in [-0.4, -0.2) is 37.1 Å². The SMILES string of the molecule is CNC1CC(C)N(C)C1C. The number of rotatable bonds is 1. The van der Waals surface area contributed by atoms with Gasteiger partial charge in [0.15, 0.2) is 0 Å². The minimum absolute atomic E-state index is 0.694. The second-order valence-electron chi connectivity index (χ2n) is 3.39. The van der Waals surface area contributed by atoms with Crippen molar-refractivity contribution in [3.63, 3.8) is 0 Å². The van der Waals surface area contributed by atoms with E-state index in [-0.39, 0.29) is 0 Å². The molecule has 0 aromatic carbocycles. The van der Waals surface area contributed by atoms with E-state index >= 15 is 0 Å². The molecule has 0 radical (unpaired) electrons. The van der Waals surface area contributed by atoms with Gasteiger partial charge in [0, 0.05) is 18.1 Å². The summed E-state index contributed by atoms with van der Waals surface area (Å²) in [5.41, 5.74) is 0. The Hall–Kier alpha value is -0.0800. The molecule has 0 aromatic rings. The van der Waals surface area contributed by atoms with E-state index in [4.69, 9.17) is 0 Å². The van der Waals surface area contributed by atoms with Gasteiger partial charge in [-0.25, -0.2) is 0 Å². The Kier molecular flexibility index (Phi) is 2.32. The molecule has 0 spiro atoms. The van der Waals surface area contributed by atoms with Crippen LogP contribution < -0.4 is 5.32 Å². The second kappa shape index (κ2) is 2.89. The van der Waals surface area contributed by atoms with Crippen LogP contribution in [0, 0.1) is 0 Å². The Morgan fingerprint density at radius 3 is 2.20 bits per heavy atom. The van der Waals surface area contributed by atoms with Crippen molar-refractivity contribution >= 4 is 0 Å². The Balaban J connectivity index is 2.53. The lowest BCUT2D eigenvalue weighted by Crippen LogP contribution is -2.37. The maximum absolute atomic E-state index is 3.33. The Morgan fingerprint density at radius 1 is 1.40 bits per heavy atom. The summed E-state index contributed by atoms with van der Waals surface area (Å²) in [5.74, 6) is 0. The number of hydrogen-bond acceptors (Lipinski definition) is 2. The zero-order valence-electron chi connectivity index (χ0n) is 7.39. The predicted octanol–water partition coefficient (Wildman–Crippen LogP) is 0.687. The molecular weight excluding hydrogens is 124 g/mol. The lowest BCUT2D eigenvalue weighted by atomic mass is 10.1. The molecule has 1 aliphatic rings. The monoisotopic (exact) mass is 142 g/mol.